The van der Waals surface area contributed by atoms with Gasteiger partial charge in [0.15, 0.2) is 0 Å². The van der Waals surface area contributed by atoms with Crippen LogP contribution in [0.15, 0.2) is 24.3 Å². The molecule has 1 aliphatic rings. The highest BCUT2D eigenvalue weighted by molar-refractivity contribution is 5.27. The molecule has 1 heterocycles. The second-order valence-corrected chi connectivity index (χ2v) is 5.32. The van der Waals surface area contributed by atoms with Gasteiger partial charge in [-0.3, -0.25) is 4.90 Å². The molecule has 0 aromatic heterocycles. The van der Waals surface area contributed by atoms with Gasteiger partial charge in [0.25, 0.3) is 0 Å². The van der Waals surface area contributed by atoms with Crippen LogP contribution in [0, 0.1) is 0 Å². The van der Waals surface area contributed by atoms with Crippen molar-refractivity contribution in [3.63, 3.8) is 0 Å². The van der Waals surface area contributed by atoms with Crippen molar-refractivity contribution in [1.29, 1.82) is 0 Å². The van der Waals surface area contributed by atoms with E-state index >= 15 is 0 Å². The average Bonchev–Trinajstić information content (AvgIpc) is 2.42. The van der Waals surface area contributed by atoms with Gasteiger partial charge in [-0.1, -0.05) is 37.6 Å². The van der Waals surface area contributed by atoms with Crippen molar-refractivity contribution in [1.82, 2.24) is 4.90 Å². The number of benzene rings is 1. The van der Waals surface area contributed by atoms with E-state index in [1.165, 1.54) is 36.9 Å². The first-order valence-corrected chi connectivity index (χ1v) is 7.36. The SMILES string of the molecule is CCc1ccccc1CN1CCCCC1CCN. The zero-order chi connectivity index (χ0) is 12.8. The predicted molar refractivity (Wildman–Crippen MR) is 77.5 cm³/mol. The Kier molecular flexibility index (Phi) is 5.21. The molecule has 2 rings (SSSR count). The molecular weight excluding hydrogens is 220 g/mol. The smallest absolute Gasteiger partial charge is 0.0239 e. The lowest BCUT2D eigenvalue weighted by molar-refractivity contribution is 0.133. The van der Waals surface area contributed by atoms with Crippen LogP contribution < -0.4 is 5.73 Å². The standard InChI is InChI=1S/C16H26N2/c1-2-14-7-3-4-8-15(14)13-18-12-6-5-9-16(18)10-11-17/h3-4,7-8,16H,2,5-6,9-13,17H2,1H3. The summed E-state index contributed by atoms with van der Waals surface area (Å²) in [6.45, 7) is 5.40. The summed E-state index contributed by atoms with van der Waals surface area (Å²) in [5, 5.41) is 0. The lowest BCUT2D eigenvalue weighted by Gasteiger charge is -2.36. The van der Waals surface area contributed by atoms with Crippen molar-refractivity contribution < 1.29 is 0 Å². The number of hydrogen-bond acceptors (Lipinski definition) is 2. The van der Waals surface area contributed by atoms with Crippen LogP contribution >= 0.6 is 0 Å². The van der Waals surface area contributed by atoms with Crippen LogP contribution in [0.4, 0.5) is 0 Å². The molecule has 2 nitrogen and oxygen atoms in total. The first-order valence-electron chi connectivity index (χ1n) is 7.36. The van der Waals surface area contributed by atoms with Crippen molar-refractivity contribution in [2.45, 2.75) is 51.6 Å². The molecule has 0 amide bonds. The second kappa shape index (κ2) is 6.91. The molecule has 1 aromatic carbocycles. The summed E-state index contributed by atoms with van der Waals surface area (Å²) in [7, 11) is 0. The monoisotopic (exact) mass is 246 g/mol. The maximum atomic E-state index is 5.74. The second-order valence-electron chi connectivity index (χ2n) is 5.32. The summed E-state index contributed by atoms with van der Waals surface area (Å²) in [6.07, 6.45) is 6.32. The molecule has 100 valence electrons. The third kappa shape index (κ3) is 3.33. The highest BCUT2D eigenvalue weighted by atomic mass is 15.2. The van der Waals surface area contributed by atoms with Gasteiger partial charge in [-0.25, -0.2) is 0 Å². The molecular formula is C16H26N2. The van der Waals surface area contributed by atoms with E-state index in [9.17, 15) is 0 Å². The molecule has 1 fully saturated rings. The summed E-state index contributed by atoms with van der Waals surface area (Å²) in [5.74, 6) is 0. The van der Waals surface area contributed by atoms with E-state index < -0.39 is 0 Å². The van der Waals surface area contributed by atoms with E-state index in [0.717, 1.165) is 25.9 Å². The number of rotatable bonds is 5. The minimum atomic E-state index is 0.702. The van der Waals surface area contributed by atoms with E-state index in [-0.39, 0.29) is 0 Å². The quantitative estimate of drug-likeness (QED) is 0.865. The molecule has 0 saturated carbocycles. The largest absolute Gasteiger partial charge is 0.330 e. The molecule has 0 radical (unpaired) electrons. The van der Waals surface area contributed by atoms with Crippen LogP contribution in [-0.4, -0.2) is 24.0 Å². The van der Waals surface area contributed by atoms with Crippen LogP contribution in [-0.2, 0) is 13.0 Å². The Hall–Kier alpha value is -0.860. The lowest BCUT2D eigenvalue weighted by atomic mass is 9.97. The van der Waals surface area contributed by atoms with Gasteiger partial charge < -0.3 is 5.73 Å². The van der Waals surface area contributed by atoms with E-state index in [1.54, 1.807) is 0 Å². The highest BCUT2D eigenvalue weighted by Gasteiger charge is 2.21. The van der Waals surface area contributed by atoms with Crippen molar-refractivity contribution >= 4 is 0 Å². The van der Waals surface area contributed by atoms with E-state index in [4.69, 9.17) is 5.73 Å². The van der Waals surface area contributed by atoms with Crippen molar-refractivity contribution in [3.05, 3.63) is 35.4 Å². The Morgan fingerprint density at radius 1 is 1.22 bits per heavy atom. The maximum absolute atomic E-state index is 5.74. The summed E-state index contributed by atoms with van der Waals surface area (Å²) in [5.41, 5.74) is 8.74. The van der Waals surface area contributed by atoms with Gasteiger partial charge in [-0.15, -0.1) is 0 Å². The fourth-order valence-corrected chi connectivity index (χ4v) is 3.06. The first kappa shape index (κ1) is 13.6. The number of likely N-dealkylation sites (tertiary alicyclic amines) is 1. The molecule has 1 unspecified atom stereocenters. The number of nitrogens with zero attached hydrogens (tertiary/aromatic N) is 1. The van der Waals surface area contributed by atoms with Gasteiger partial charge in [-0.2, -0.15) is 0 Å². The summed E-state index contributed by atoms with van der Waals surface area (Å²) in [4.78, 5) is 2.64. The molecule has 1 aromatic rings. The fourth-order valence-electron chi connectivity index (χ4n) is 3.06. The van der Waals surface area contributed by atoms with Crippen LogP contribution in [0.1, 0.15) is 43.7 Å². The zero-order valence-electron chi connectivity index (χ0n) is 11.6. The predicted octanol–water partition coefficient (Wildman–Crippen LogP) is 2.95. The first-order chi connectivity index (χ1) is 8.85. The Bertz CT molecular complexity index is 360. The van der Waals surface area contributed by atoms with E-state index in [2.05, 4.69) is 36.1 Å². The van der Waals surface area contributed by atoms with Crippen molar-refractivity contribution in [2.24, 2.45) is 5.73 Å². The van der Waals surface area contributed by atoms with Gasteiger partial charge in [-0.05, 0) is 49.9 Å². The molecule has 1 saturated heterocycles. The summed E-state index contributed by atoms with van der Waals surface area (Å²) >= 11 is 0. The van der Waals surface area contributed by atoms with Crippen LogP contribution in [0.3, 0.4) is 0 Å². The Balaban J connectivity index is 2.05. The number of hydrogen-bond donors (Lipinski definition) is 1. The van der Waals surface area contributed by atoms with Crippen LogP contribution in [0.5, 0.6) is 0 Å². The molecule has 0 spiro atoms. The number of aryl methyl sites for hydroxylation is 1. The molecule has 1 atom stereocenters. The van der Waals surface area contributed by atoms with E-state index in [1.807, 2.05) is 0 Å². The molecule has 2 heteroatoms. The number of piperidine rings is 1. The maximum Gasteiger partial charge on any atom is 0.0239 e. The minimum absolute atomic E-state index is 0.702. The molecule has 18 heavy (non-hydrogen) atoms. The average molecular weight is 246 g/mol. The van der Waals surface area contributed by atoms with E-state index in [0.29, 0.717) is 6.04 Å². The van der Waals surface area contributed by atoms with Crippen LogP contribution in [0.2, 0.25) is 0 Å². The molecule has 0 bridgehead atoms. The van der Waals surface area contributed by atoms with Gasteiger partial charge in [0.2, 0.25) is 0 Å². The molecule has 2 N–H and O–H groups in total. The molecule has 0 aliphatic carbocycles. The fraction of sp³-hybridized carbons (Fsp3) is 0.625. The van der Waals surface area contributed by atoms with Crippen LogP contribution in [0.25, 0.3) is 0 Å². The normalized spacial score (nSPS) is 21.1. The molecule has 1 aliphatic heterocycles. The Morgan fingerprint density at radius 2 is 2.00 bits per heavy atom. The minimum Gasteiger partial charge on any atom is -0.330 e. The van der Waals surface area contributed by atoms with Crippen molar-refractivity contribution in [2.75, 3.05) is 13.1 Å². The third-order valence-corrected chi connectivity index (χ3v) is 4.12. The van der Waals surface area contributed by atoms with Crippen molar-refractivity contribution in [3.8, 4) is 0 Å². The summed E-state index contributed by atoms with van der Waals surface area (Å²) < 4.78 is 0. The van der Waals surface area contributed by atoms with Gasteiger partial charge in [0.05, 0.1) is 0 Å². The third-order valence-electron chi connectivity index (χ3n) is 4.12. The highest BCUT2D eigenvalue weighted by Crippen LogP contribution is 2.23. The summed E-state index contributed by atoms with van der Waals surface area (Å²) in [6, 6.07) is 9.56. The number of nitrogens with two attached hydrogens (primary N) is 1. The van der Waals surface area contributed by atoms with Gasteiger partial charge in [0.1, 0.15) is 0 Å². The van der Waals surface area contributed by atoms with Gasteiger partial charge in [0, 0.05) is 12.6 Å². The topological polar surface area (TPSA) is 29.3 Å². The zero-order valence-corrected chi connectivity index (χ0v) is 11.6. The Morgan fingerprint density at radius 3 is 2.72 bits per heavy atom. The van der Waals surface area contributed by atoms with Gasteiger partial charge >= 0.3 is 0 Å². The lowest BCUT2D eigenvalue weighted by Crippen LogP contribution is -2.40. The Labute approximate surface area is 111 Å².